The molecule has 0 aromatic heterocycles. The number of aryl methyl sites for hydroxylation is 1. The Kier molecular flexibility index (Phi) is 9.40. The van der Waals surface area contributed by atoms with Crippen LogP contribution >= 0.6 is 35.6 Å². The van der Waals surface area contributed by atoms with E-state index in [2.05, 4.69) is 4.72 Å². The van der Waals surface area contributed by atoms with E-state index in [0.29, 0.717) is 10.0 Å². The number of hydrogen-bond acceptors (Lipinski definition) is 3. The lowest BCUT2D eigenvalue weighted by Crippen LogP contribution is -2.34. The molecule has 30 heavy (non-hydrogen) atoms. The molecule has 2 unspecified atom stereocenters. The minimum atomic E-state index is -3.49. The molecular formula is C21H26Cl3FN2O2S. The van der Waals surface area contributed by atoms with Gasteiger partial charge in [0.25, 0.3) is 0 Å². The van der Waals surface area contributed by atoms with E-state index in [1.807, 2.05) is 30.3 Å². The molecule has 2 aromatic rings. The van der Waals surface area contributed by atoms with Crippen molar-refractivity contribution in [2.24, 2.45) is 5.73 Å². The average Bonchev–Trinajstić information content (AvgIpc) is 2.70. The molecule has 0 saturated heterocycles. The summed E-state index contributed by atoms with van der Waals surface area (Å²) in [6, 6.07) is 11.6. The van der Waals surface area contributed by atoms with Crippen molar-refractivity contribution in [2.75, 3.05) is 12.4 Å². The second-order valence-corrected chi connectivity index (χ2v) is 10.2. The molecule has 1 aliphatic carbocycles. The highest BCUT2D eigenvalue weighted by Crippen LogP contribution is 2.35. The van der Waals surface area contributed by atoms with E-state index >= 15 is 0 Å². The van der Waals surface area contributed by atoms with Crippen LogP contribution in [0.15, 0.2) is 36.4 Å². The maximum absolute atomic E-state index is 12.3. The minimum Gasteiger partial charge on any atom is -0.327 e. The first kappa shape index (κ1) is 25.4. The fourth-order valence-electron chi connectivity index (χ4n) is 3.77. The van der Waals surface area contributed by atoms with E-state index in [9.17, 15) is 12.8 Å². The Bertz CT molecular complexity index is 973. The predicted molar refractivity (Wildman–Crippen MR) is 124 cm³/mol. The van der Waals surface area contributed by atoms with Crippen molar-refractivity contribution in [3.63, 3.8) is 0 Å². The van der Waals surface area contributed by atoms with Crippen LogP contribution in [-0.4, -0.2) is 26.9 Å². The fraction of sp³-hybridized carbons (Fsp3) is 0.429. The molecule has 0 spiro atoms. The monoisotopic (exact) mass is 494 g/mol. The molecule has 1 aliphatic rings. The third kappa shape index (κ3) is 6.55. The summed E-state index contributed by atoms with van der Waals surface area (Å²) in [5, 5.41) is 1.04. The Morgan fingerprint density at radius 2 is 1.83 bits per heavy atom. The number of sulfonamides is 1. The van der Waals surface area contributed by atoms with Crippen LogP contribution in [0, 0.1) is 0 Å². The number of alkyl halides is 1. The maximum atomic E-state index is 12.3. The van der Waals surface area contributed by atoms with E-state index in [0.717, 1.165) is 36.0 Å². The van der Waals surface area contributed by atoms with Crippen molar-refractivity contribution in [3.8, 4) is 0 Å². The van der Waals surface area contributed by atoms with E-state index in [1.165, 1.54) is 5.56 Å². The van der Waals surface area contributed by atoms with Crippen LogP contribution < -0.4 is 10.5 Å². The van der Waals surface area contributed by atoms with Crippen molar-refractivity contribution in [2.45, 2.75) is 44.2 Å². The minimum absolute atomic E-state index is 0. The lowest BCUT2D eigenvalue weighted by Gasteiger charge is -2.32. The van der Waals surface area contributed by atoms with Crippen molar-refractivity contribution < 1.29 is 12.8 Å². The molecular weight excluding hydrogens is 470 g/mol. The van der Waals surface area contributed by atoms with E-state index in [1.54, 1.807) is 6.07 Å². The van der Waals surface area contributed by atoms with Crippen LogP contribution in [0.3, 0.4) is 0 Å². The maximum Gasteiger partial charge on any atom is 0.211 e. The van der Waals surface area contributed by atoms with E-state index in [4.69, 9.17) is 28.9 Å². The smallest absolute Gasteiger partial charge is 0.211 e. The molecule has 0 fully saturated rings. The Morgan fingerprint density at radius 1 is 1.10 bits per heavy atom. The molecule has 9 heteroatoms. The van der Waals surface area contributed by atoms with Gasteiger partial charge in [-0.2, -0.15) is 0 Å². The highest BCUT2D eigenvalue weighted by Gasteiger charge is 2.27. The normalized spacial score (nSPS) is 18.5. The van der Waals surface area contributed by atoms with Crippen LogP contribution in [0.2, 0.25) is 10.0 Å². The van der Waals surface area contributed by atoms with Gasteiger partial charge in [-0.05, 0) is 60.1 Å². The summed E-state index contributed by atoms with van der Waals surface area (Å²) in [5.41, 5.74) is 10.8. The summed E-state index contributed by atoms with van der Waals surface area (Å²) < 4.78 is 38.7. The van der Waals surface area contributed by atoms with Gasteiger partial charge < -0.3 is 5.73 Å². The number of benzene rings is 2. The van der Waals surface area contributed by atoms with Gasteiger partial charge in [0.1, 0.15) is 0 Å². The number of rotatable bonds is 8. The van der Waals surface area contributed by atoms with Gasteiger partial charge in [0.2, 0.25) is 10.0 Å². The molecule has 0 amide bonds. The highest BCUT2D eigenvalue weighted by molar-refractivity contribution is 7.89. The van der Waals surface area contributed by atoms with Gasteiger partial charge in [0.05, 0.1) is 22.5 Å². The van der Waals surface area contributed by atoms with Gasteiger partial charge in [0.15, 0.2) is 0 Å². The molecule has 0 bridgehead atoms. The lowest BCUT2D eigenvalue weighted by atomic mass is 9.76. The van der Waals surface area contributed by atoms with Crippen LogP contribution in [0.25, 0.3) is 0 Å². The second kappa shape index (κ2) is 11.1. The van der Waals surface area contributed by atoms with Crippen LogP contribution in [0.5, 0.6) is 0 Å². The molecule has 3 N–H and O–H groups in total. The quantitative estimate of drug-likeness (QED) is 0.553. The van der Waals surface area contributed by atoms with E-state index < -0.39 is 16.7 Å². The molecule has 166 valence electrons. The SMILES string of the molecule is Cl.NC1CCc2ccc(CNS(=O)(=O)CCCF)cc2C1Cc1ccc(Cl)c(Cl)c1. The number of fused-ring (bicyclic) bond motifs is 1. The molecule has 2 aromatic carbocycles. The highest BCUT2D eigenvalue weighted by atomic mass is 35.5. The van der Waals surface area contributed by atoms with Crippen LogP contribution in [0.4, 0.5) is 4.39 Å². The van der Waals surface area contributed by atoms with Crippen LogP contribution in [-0.2, 0) is 29.4 Å². The Labute approximate surface area is 193 Å². The second-order valence-electron chi connectivity index (χ2n) is 7.48. The number of halogens is 4. The van der Waals surface area contributed by atoms with Gasteiger partial charge in [-0.25, -0.2) is 13.1 Å². The number of nitrogens with two attached hydrogens (primary N) is 1. The number of nitrogens with one attached hydrogen (secondary N) is 1. The third-order valence-electron chi connectivity index (χ3n) is 5.36. The van der Waals surface area contributed by atoms with Crippen molar-refractivity contribution in [1.82, 2.24) is 4.72 Å². The van der Waals surface area contributed by atoms with Gasteiger partial charge >= 0.3 is 0 Å². The molecule has 0 saturated carbocycles. The summed E-state index contributed by atoms with van der Waals surface area (Å²) >= 11 is 12.2. The van der Waals surface area contributed by atoms with Gasteiger partial charge in [-0.3, -0.25) is 4.39 Å². The summed E-state index contributed by atoms with van der Waals surface area (Å²) in [7, 11) is -3.49. The first-order chi connectivity index (χ1) is 13.8. The molecule has 0 aliphatic heterocycles. The Balaban J connectivity index is 0.00000320. The predicted octanol–water partition coefficient (Wildman–Crippen LogP) is 4.79. The topological polar surface area (TPSA) is 72.2 Å². The first-order valence-corrected chi connectivity index (χ1v) is 12.0. The molecule has 3 rings (SSSR count). The lowest BCUT2D eigenvalue weighted by molar-refractivity contribution is 0.467. The summed E-state index contributed by atoms with van der Waals surface area (Å²) in [4.78, 5) is 0. The molecule has 2 atom stereocenters. The summed E-state index contributed by atoms with van der Waals surface area (Å²) in [6.45, 7) is -0.468. The Morgan fingerprint density at radius 3 is 2.53 bits per heavy atom. The van der Waals surface area contributed by atoms with Gasteiger partial charge in [0, 0.05) is 18.5 Å². The Hall–Kier alpha value is -0.890. The molecule has 0 radical (unpaired) electrons. The zero-order valence-corrected chi connectivity index (χ0v) is 19.6. The zero-order valence-electron chi connectivity index (χ0n) is 16.4. The average molecular weight is 496 g/mol. The van der Waals surface area contributed by atoms with Crippen molar-refractivity contribution >= 4 is 45.6 Å². The van der Waals surface area contributed by atoms with Crippen molar-refractivity contribution in [3.05, 3.63) is 68.7 Å². The zero-order chi connectivity index (χ0) is 21.0. The van der Waals surface area contributed by atoms with Gasteiger partial charge in [-0.15, -0.1) is 12.4 Å². The summed E-state index contributed by atoms with van der Waals surface area (Å²) in [6.07, 6.45) is 2.53. The van der Waals surface area contributed by atoms with Crippen molar-refractivity contribution in [1.29, 1.82) is 0 Å². The standard InChI is InChI=1S/C21H25Cl2FN2O2S.ClH/c22-19-6-3-14(12-20(19)23)10-18-17-11-15(2-4-16(17)5-7-21(18)25)13-26-29(27,28)9-1-8-24;/h2-4,6,11-12,18,21,26H,1,5,7-10,13,25H2;1H. The van der Waals surface area contributed by atoms with Crippen LogP contribution in [0.1, 0.15) is 41.0 Å². The number of hydrogen-bond donors (Lipinski definition) is 2. The molecule has 4 nitrogen and oxygen atoms in total. The molecule has 0 heterocycles. The summed E-state index contributed by atoms with van der Waals surface area (Å²) in [5.74, 6) is -0.0988. The van der Waals surface area contributed by atoms with E-state index in [-0.39, 0.29) is 43.1 Å². The largest absolute Gasteiger partial charge is 0.327 e. The third-order valence-corrected chi connectivity index (χ3v) is 7.51. The fourth-order valence-corrected chi connectivity index (χ4v) is 5.11. The first-order valence-electron chi connectivity index (χ1n) is 9.63. The van der Waals surface area contributed by atoms with Gasteiger partial charge in [-0.1, -0.05) is 47.5 Å².